The second-order valence-corrected chi connectivity index (χ2v) is 6.60. The van der Waals surface area contributed by atoms with Crippen LogP contribution in [0.3, 0.4) is 0 Å². The minimum absolute atomic E-state index is 0.718. The normalized spacial score (nSPS) is 23.8. The molecule has 0 amide bonds. The minimum Gasteiger partial charge on any atom is -0.310 e. The van der Waals surface area contributed by atoms with E-state index in [9.17, 15) is 0 Å². The van der Waals surface area contributed by atoms with Gasteiger partial charge >= 0.3 is 0 Å². The summed E-state index contributed by atoms with van der Waals surface area (Å²) in [5.74, 6) is 1.66. The molecule has 0 heterocycles. The van der Waals surface area contributed by atoms with Crippen LogP contribution in [0.25, 0.3) is 0 Å². The molecule has 1 heteroatoms. The Morgan fingerprint density at radius 1 is 1.11 bits per heavy atom. The number of benzene rings is 1. The third-order valence-electron chi connectivity index (χ3n) is 4.82. The van der Waals surface area contributed by atoms with E-state index in [2.05, 4.69) is 51.2 Å². The Bertz CT molecular complexity index is 408. The smallest absolute Gasteiger partial charge is 0.0208 e. The minimum atomic E-state index is 0.718. The lowest BCUT2D eigenvalue weighted by Gasteiger charge is -2.35. The van der Waals surface area contributed by atoms with Gasteiger partial charge in [0.05, 0.1) is 0 Å². The van der Waals surface area contributed by atoms with Gasteiger partial charge in [-0.1, -0.05) is 44.9 Å². The zero-order chi connectivity index (χ0) is 13.8. The summed E-state index contributed by atoms with van der Waals surface area (Å²) in [5.41, 5.74) is 4.22. The van der Waals surface area contributed by atoms with Gasteiger partial charge in [-0.2, -0.15) is 0 Å². The Balaban J connectivity index is 1.94. The van der Waals surface area contributed by atoms with Gasteiger partial charge in [0.1, 0.15) is 0 Å². The molecule has 1 saturated carbocycles. The maximum absolute atomic E-state index is 3.82. The van der Waals surface area contributed by atoms with Crippen LogP contribution in [0.1, 0.15) is 56.2 Å². The van der Waals surface area contributed by atoms with Crippen molar-refractivity contribution in [3.05, 3.63) is 34.9 Å². The molecule has 19 heavy (non-hydrogen) atoms. The topological polar surface area (TPSA) is 12.0 Å². The van der Waals surface area contributed by atoms with Gasteiger partial charge in [0.15, 0.2) is 0 Å². The Labute approximate surface area is 118 Å². The summed E-state index contributed by atoms with van der Waals surface area (Å²) in [4.78, 5) is 0. The van der Waals surface area contributed by atoms with Crippen LogP contribution in [0.5, 0.6) is 0 Å². The average molecular weight is 259 g/mol. The third kappa shape index (κ3) is 3.82. The van der Waals surface area contributed by atoms with Crippen LogP contribution in [0.2, 0.25) is 0 Å². The van der Waals surface area contributed by atoms with E-state index in [1.807, 2.05) is 0 Å². The van der Waals surface area contributed by atoms with E-state index in [4.69, 9.17) is 0 Å². The highest BCUT2D eigenvalue weighted by molar-refractivity contribution is 5.29. The molecule has 1 aliphatic rings. The van der Waals surface area contributed by atoms with Crippen LogP contribution >= 0.6 is 0 Å². The van der Waals surface area contributed by atoms with Crippen molar-refractivity contribution in [1.29, 1.82) is 0 Å². The Morgan fingerprint density at radius 3 is 2.53 bits per heavy atom. The molecule has 1 aliphatic carbocycles. The monoisotopic (exact) mass is 259 g/mol. The van der Waals surface area contributed by atoms with Crippen LogP contribution in [0.15, 0.2) is 18.2 Å². The van der Waals surface area contributed by atoms with E-state index < -0.39 is 0 Å². The van der Waals surface area contributed by atoms with E-state index >= 15 is 0 Å². The SMILES string of the molecule is Cc1ccc(CNC2CCCCC2C(C)C)cc1C. The van der Waals surface area contributed by atoms with Gasteiger partial charge in [-0.3, -0.25) is 0 Å². The fourth-order valence-corrected chi connectivity index (χ4v) is 3.37. The highest BCUT2D eigenvalue weighted by atomic mass is 14.9. The molecule has 1 aromatic carbocycles. The van der Waals surface area contributed by atoms with Crippen molar-refractivity contribution >= 4 is 0 Å². The van der Waals surface area contributed by atoms with Gasteiger partial charge < -0.3 is 5.32 Å². The van der Waals surface area contributed by atoms with Crippen LogP contribution in [-0.4, -0.2) is 6.04 Å². The van der Waals surface area contributed by atoms with Gasteiger partial charge in [-0.25, -0.2) is 0 Å². The number of rotatable bonds is 4. The summed E-state index contributed by atoms with van der Waals surface area (Å²) >= 11 is 0. The molecule has 2 unspecified atom stereocenters. The largest absolute Gasteiger partial charge is 0.310 e. The second kappa shape index (κ2) is 6.56. The van der Waals surface area contributed by atoms with E-state index in [1.165, 1.54) is 42.4 Å². The van der Waals surface area contributed by atoms with Gasteiger partial charge in [0.25, 0.3) is 0 Å². The number of hydrogen-bond acceptors (Lipinski definition) is 1. The van der Waals surface area contributed by atoms with Gasteiger partial charge in [-0.05, 0) is 55.2 Å². The quantitative estimate of drug-likeness (QED) is 0.832. The molecule has 1 aromatic rings. The molecule has 2 atom stereocenters. The second-order valence-electron chi connectivity index (χ2n) is 6.60. The molecular formula is C18H29N. The standard InChI is InChI=1S/C18H29N/c1-13(2)17-7-5-6-8-18(17)19-12-16-10-9-14(3)15(4)11-16/h9-11,13,17-19H,5-8,12H2,1-4H3. The Morgan fingerprint density at radius 2 is 1.84 bits per heavy atom. The lowest BCUT2D eigenvalue weighted by atomic mass is 9.78. The average Bonchev–Trinajstić information content (AvgIpc) is 2.40. The van der Waals surface area contributed by atoms with Crippen LogP contribution in [0, 0.1) is 25.7 Å². The van der Waals surface area contributed by atoms with Crippen LogP contribution in [0.4, 0.5) is 0 Å². The van der Waals surface area contributed by atoms with Crippen molar-refractivity contribution < 1.29 is 0 Å². The lowest BCUT2D eigenvalue weighted by Crippen LogP contribution is -2.40. The molecule has 2 rings (SSSR count). The highest BCUT2D eigenvalue weighted by Gasteiger charge is 2.26. The first kappa shape index (κ1) is 14.6. The zero-order valence-electron chi connectivity index (χ0n) is 13.0. The molecule has 1 nitrogen and oxygen atoms in total. The van der Waals surface area contributed by atoms with Crippen molar-refractivity contribution in [3.8, 4) is 0 Å². The summed E-state index contributed by atoms with van der Waals surface area (Å²) in [5, 5.41) is 3.82. The molecule has 1 N–H and O–H groups in total. The molecule has 0 saturated heterocycles. The van der Waals surface area contributed by atoms with Crippen LogP contribution < -0.4 is 5.32 Å². The number of aryl methyl sites for hydroxylation is 2. The highest BCUT2D eigenvalue weighted by Crippen LogP contribution is 2.30. The first-order valence-electron chi connectivity index (χ1n) is 7.87. The summed E-state index contributed by atoms with van der Waals surface area (Å²) in [7, 11) is 0. The first-order chi connectivity index (χ1) is 9.08. The number of hydrogen-bond donors (Lipinski definition) is 1. The molecule has 0 bridgehead atoms. The van der Waals surface area contributed by atoms with E-state index in [0.717, 1.165) is 24.4 Å². The van der Waals surface area contributed by atoms with E-state index in [1.54, 1.807) is 0 Å². The van der Waals surface area contributed by atoms with Gasteiger partial charge in [0.2, 0.25) is 0 Å². The zero-order valence-corrected chi connectivity index (χ0v) is 13.0. The summed E-state index contributed by atoms with van der Waals surface area (Å²) in [6.07, 6.45) is 5.58. The van der Waals surface area contributed by atoms with Crippen LogP contribution in [-0.2, 0) is 6.54 Å². The maximum Gasteiger partial charge on any atom is 0.0208 e. The van der Waals surface area contributed by atoms with Gasteiger partial charge in [0, 0.05) is 12.6 Å². The number of nitrogens with one attached hydrogen (secondary N) is 1. The van der Waals surface area contributed by atoms with Crippen molar-refractivity contribution in [2.24, 2.45) is 11.8 Å². The Hall–Kier alpha value is -0.820. The fraction of sp³-hybridized carbons (Fsp3) is 0.667. The van der Waals surface area contributed by atoms with Crippen molar-refractivity contribution in [1.82, 2.24) is 5.32 Å². The molecule has 0 radical (unpaired) electrons. The summed E-state index contributed by atoms with van der Waals surface area (Å²) < 4.78 is 0. The Kier molecular flexibility index (Phi) is 5.04. The molecule has 0 aromatic heterocycles. The molecule has 0 aliphatic heterocycles. The maximum atomic E-state index is 3.82. The predicted octanol–water partition coefficient (Wildman–Crippen LogP) is 4.61. The van der Waals surface area contributed by atoms with Crippen molar-refractivity contribution in [3.63, 3.8) is 0 Å². The predicted molar refractivity (Wildman–Crippen MR) is 83.3 cm³/mol. The summed E-state index contributed by atoms with van der Waals surface area (Å²) in [6, 6.07) is 7.56. The first-order valence-corrected chi connectivity index (χ1v) is 7.87. The molecular weight excluding hydrogens is 230 g/mol. The van der Waals surface area contributed by atoms with E-state index in [-0.39, 0.29) is 0 Å². The van der Waals surface area contributed by atoms with Crippen molar-refractivity contribution in [2.75, 3.05) is 0 Å². The molecule has 0 spiro atoms. The molecule has 106 valence electrons. The third-order valence-corrected chi connectivity index (χ3v) is 4.82. The van der Waals surface area contributed by atoms with Gasteiger partial charge in [-0.15, -0.1) is 0 Å². The summed E-state index contributed by atoms with van der Waals surface area (Å²) in [6.45, 7) is 10.2. The molecule has 1 fully saturated rings. The van der Waals surface area contributed by atoms with Crippen molar-refractivity contribution in [2.45, 2.75) is 66.0 Å². The fourth-order valence-electron chi connectivity index (χ4n) is 3.37. The lowest BCUT2D eigenvalue weighted by molar-refractivity contribution is 0.204. The van der Waals surface area contributed by atoms with E-state index in [0.29, 0.717) is 0 Å².